The first-order chi connectivity index (χ1) is 9.64. The summed E-state index contributed by atoms with van der Waals surface area (Å²) in [5, 5.41) is 6.65. The van der Waals surface area contributed by atoms with E-state index in [4.69, 9.17) is 0 Å². The van der Waals surface area contributed by atoms with Crippen LogP contribution in [0.2, 0.25) is 0 Å². The van der Waals surface area contributed by atoms with E-state index in [1.54, 1.807) is 0 Å². The van der Waals surface area contributed by atoms with Crippen LogP contribution in [0.5, 0.6) is 0 Å². The molecule has 0 saturated heterocycles. The maximum absolute atomic E-state index is 12.2. The fourth-order valence-electron chi connectivity index (χ4n) is 3.31. The van der Waals surface area contributed by atoms with Gasteiger partial charge in [0.2, 0.25) is 5.91 Å². The normalized spacial score (nSPS) is 31.5. The number of amides is 1. The quantitative estimate of drug-likeness (QED) is 0.884. The lowest BCUT2D eigenvalue weighted by atomic mass is 9.94. The number of nitrogens with one attached hydrogen (secondary N) is 2. The Balaban J connectivity index is 1.59. The van der Waals surface area contributed by atoms with Gasteiger partial charge in [-0.05, 0) is 42.3 Å². The first kappa shape index (κ1) is 13.6. The zero-order chi connectivity index (χ0) is 14.2. The van der Waals surface area contributed by atoms with Gasteiger partial charge in [-0.1, -0.05) is 38.1 Å². The first-order valence-electron chi connectivity index (χ1n) is 7.73. The highest BCUT2D eigenvalue weighted by Crippen LogP contribution is 2.54. The third-order valence-corrected chi connectivity index (χ3v) is 5.17. The minimum absolute atomic E-state index is 0.228. The second-order valence-electron chi connectivity index (χ2n) is 6.46. The first-order valence-corrected chi connectivity index (χ1v) is 7.73. The Morgan fingerprint density at radius 1 is 1.45 bits per heavy atom. The summed E-state index contributed by atoms with van der Waals surface area (Å²) >= 11 is 0. The molecule has 0 radical (unpaired) electrons. The van der Waals surface area contributed by atoms with E-state index in [-0.39, 0.29) is 23.3 Å². The predicted octanol–water partition coefficient (Wildman–Crippen LogP) is 2.43. The molecule has 3 rings (SSSR count). The fraction of sp³-hybridized carbons (Fsp3) is 0.588. The van der Waals surface area contributed by atoms with E-state index in [0.717, 1.165) is 25.8 Å². The molecule has 0 bridgehead atoms. The van der Waals surface area contributed by atoms with Gasteiger partial charge in [0.15, 0.2) is 0 Å². The molecule has 2 aliphatic rings. The van der Waals surface area contributed by atoms with Crippen molar-refractivity contribution in [3.8, 4) is 0 Å². The number of benzene rings is 1. The number of fused-ring (bicyclic) bond motifs is 1. The summed E-state index contributed by atoms with van der Waals surface area (Å²) < 4.78 is 0. The summed E-state index contributed by atoms with van der Waals surface area (Å²) in [4.78, 5) is 12.2. The van der Waals surface area contributed by atoms with Gasteiger partial charge in [-0.25, -0.2) is 0 Å². The van der Waals surface area contributed by atoms with Crippen molar-refractivity contribution < 1.29 is 4.79 Å². The van der Waals surface area contributed by atoms with Gasteiger partial charge < -0.3 is 10.6 Å². The Kier molecular flexibility index (Phi) is 3.55. The van der Waals surface area contributed by atoms with Crippen molar-refractivity contribution in [1.82, 2.24) is 10.6 Å². The predicted molar refractivity (Wildman–Crippen MR) is 80.4 cm³/mol. The standard InChI is InChI=1S/C17H24N2O/c1-3-17(2)10-14(17)16(20)19-11-15-13-7-5-4-6-12(13)8-9-18-15/h4-7,14-15,18H,3,8-11H2,1-2H3,(H,19,20). The van der Waals surface area contributed by atoms with Crippen LogP contribution in [0.15, 0.2) is 24.3 Å². The van der Waals surface area contributed by atoms with Gasteiger partial charge in [-0.3, -0.25) is 4.79 Å². The average molecular weight is 272 g/mol. The molecule has 1 aliphatic heterocycles. The molecule has 108 valence electrons. The van der Waals surface area contributed by atoms with Crippen molar-refractivity contribution in [3.05, 3.63) is 35.4 Å². The van der Waals surface area contributed by atoms with Crippen LogP contribution in [-0.2, 0) is 11.2 Å². The largest absolute Gasteiger partial charge is 0.354 e. The van der Waals surface area contributed by atoms with Gasteiger partial charge in [0.1, 0.15) is 0 Å². The Labute approximate surface area is 121 Å². The van der Waals surface area contributed by atoms with E-state index >= 15 is 0 Å². The van der Waals surface area contributed by atoms with Crippen LogP contribution < -0.4 is 10.6 Å². The number of rotatable bonds is 4. The summed E-state index contributed by atoms with van der Waals surface area (Å²) in [6.45, 7) is 6.08. The number of hydrogen-bond donors (Lipinski definition) is 2. The second-order valence-corrected chi connectivity index (χ2v) is 6.46. The van der Waals surface area contributed by atoms with E-state index in [2.05, 4.69) is 48.7 Å². The molecule has 3 heteroatoms. The third-order valence-electron chi connectivity index (χ3n) is 5.17. The SMILES string of the molecule is CCC1(C)CC1C(=O)NCC1NCCc2ccccc21. The number of carbonyl (C=O) groups excluding carboxylic acids is 1. The highest BCUT2D eigenvalue weighted by molar-refractivity contribution is 5.82. The Bertz CT molecular complexity index is 513. The smallest absolute Gasteiger partial charge is 0.223 e. The summed E-state index contributed by atoms with van der Waals surface area (Å²) in [7, 11) is 0. The monoisotopic (exact) mass is 272 g/mol. The lowest BCUT2D eigenvalue weighted by molar-refractivity contribution is -0.123. The summed E-state index contributed by atoms with van der Waals surface area (Å²) in [6, 6.07) is 8.80. The minimum atomic E-state index is 0.228. The Morgan fingerprint density at radius 3 is 3.00 bits per heavy atom. The van der Waals surface area contributed by atoms with Gasteiger partial charge in [-0.2, -0.15) is 0 Å². The second kappa shape index (κ2) is 5.21. The maximum Gasteiger partial charge on any atom is 0.223 e. The molecule has 1 saturated carbocycles. The van der Waals surface area contributed by atoms with Crippen LogP contribution in [0.3, 0.4) is 0 Å². The molecule has 20 heavy (non-hydrogen) atoms. The molecular formula is C17H24N2O. The van der Waals surface area contributed by atoms with Crippen LogP contribution in [0.25, 0.3) is 0 Å². The highest BCUT2D eigenvalue weighted by atomic mass is 16.2. The summed E-state index contributed by atoms with van der Waals surface area (Å²) in [6.07, 6.45) is 3.22. The average Bonchev–Trinajstić information content (AvgIpc) is 3.18. The molecule has 3 unspecified atom stereocenters. The van der Waals surface area contributed by atoms with Gasteiger partial charge in [0.05, 0.1) is 0 Å². The van der Waals surface area contributed by atoms with Gasteiger partial charge in [0, 0.05) is 18.5 Å². The lowest BCUT2D eigenvalue weighted by Crippen LogP contribution is -2.39. The fourth-order valence-corrected chi connectivity index (χ4v) is 3.31. The number of carbonyl (C=O) groups is 1. The molecule has 0 spiro atoms. The Hall–Kier alpha value is -1.35. The van der Waals surface area contributed by atoms with Crippen molar-refractivity contribution in [2.24, 2.45) is 11.3 Å². The van der Waals surface area contributed by atoms with E-state index in [1.165, 1.54) is 11.1 Å². The van der Waals surface area contributed by atoms with Gasteiger partial charge in [0.25, 0.3) is 0 Å². The minimum Gasteiger partial charge on any atom is -0.354 e. The maximum atomic E-state index is 12.2. The topological polar surface area (TPSA) is 41.1 Å². The van der Waals surface area contributed by atoms with Crippen LogP contribution in [0.1, 0.15) is 43.9 Å². The van der Waals surface area contributed by atoms with Crippen molar-refractivity contribution >= 4 is 5.91 Å². The van der Waals surface area contributed by atoms with Crippen LogP contribution >= 0.6 is 0 Å². The van der Waals surface area contributed by atoms with Crippen molar-refractivity contribution in [2.45, 2.75) is 39.2 Å². The summed E-state index contributed by atoms with van der Waals surface area (Å²) in [5.74, 6) is 0.463. The van der Waals surface area contributed by atoms with Gasteiger partial charge >= 0.3 is 0 Å². The molecule has 1 heterocycles. The zero-order valence-corrected chi connectivity index (χ0v) is 12.4. The highest BCUT2D eigenvalue weighted by Gasteiger charge is 2.52. The van der Waals surface area contributed by atoms with Crippen molar-refractivity contribution in [2.75, 3.05) is 13.1 Å². The van der Waals surface area contributed by atoms with Crippen molar-refractivity contribution in [1.29, 1.82) is 0 Å². The van der Waals surface area contributed by atoms with E-state index in [0.29, 0.717) is 6.54 Å². The molecule has 1 amide bonds. The molecular weight excluding hydrogens is 248 g/mol. The van der Waals surface area contributed by atoms with Crippen LogP contribution in [0, 0.1) is 11.3 Å². The zero-order valence-electron chi connectivity index (χ0n) is 12.4. The van der Waals surface area contributed by atoms with Crippen LogP contribution in [-0.4, -0.2) is 19.0 Å². The summed E-state index contributed by atoms with van der Waals surface area (Å²) in [5.41, 5.74) is 3.01. The van der Waals surface area contributed by atoms with Crippen LogP contribution in [0.4, 0.5) is 0 Å². The van der Waals surface area contributed by atoms with Crippen molar-refractivity contribution in [3.63, 3.8) is 0 Å². The molecule has 1 aromatic carbocycles. The molecule has 1 aromatic rings. The number of hydrogen-bond acceptors (Lipinski definition) is 2. The van der Waals surface area contributed by atoms with E-state index in [1.807, 2.05) is 0 Å². The Morgan fingerprint density at radius 2 is 2.25 bits per heavy atom. The molecule has 1 aliphatic carbocycles. The third kappa shape index (κ3) is 2.47. The molecule has 3 nitrogen and oxygen atoms in total. The lowest BCUT2D eigenvalue weighted by Gasteiger charge is -2.27. The van der Waals surface area contributed by atoms with E-state index in [9.17, 15) is 4.79 Å². The molecule has 0 aromatic heterocycles. The van der Waals surface area contributed by atoms with E-state index < -0.39 is 0 Å². The molecule has 3 atom stereocenters. The molecule has 1 fully saturated rings. The molecule has 2 N–H and O–H groups in total. The van der Waals surface area contributed by atoms with Gasteiger partial charge in [-0.15, -0.1) is 0 Å².